The molecule has 1 fully saturated rings. The Labute approximate surface area is 113 Å². The molecule has 19 heavy (non-hydrogen) atoms. The van der Waals surface area contributed by atoms with Crippen molar-refractivity contribution in [2.45, 2.75) is 18.9 Å². The van der Waals surface area contributed by atoms with Gasteiger partial charge in [-0.2, -0.15) is 4.98 Å². The molecule has 0 aromatic carbocycles. The van der Waals surface area contributed by atoms with Gasteiger partial charge in [0.1, 0.15) is 0 Å². The van der Waals surface area contributed by atoms with Gasteiger partial charge < -0.3 is 10.1 Å². The predicted molar refractivity (Wildman–Crippen MR) is 71.6 cm³/mol. The predicted octanol–water partition coefficient (Wildman–Crippen LogP) is 0.321. The Morgan fingerprint density at radius 3 is 2.68 bits per heavy atom. The van der Waals surface area contributed by atoms with Gasteiger partial charge in [-0.3, -0.25) is 0 Å². The number of sulfonamides is 1. The summed E-state index contributed by atoms with van der Waals surface area (Å²) in [6.45, 7) is 1.06. The van der Waals surface area contributed by atoms with Crippen LogP contribution in [0.15, 0.2) is 12.3 Å². The minimum atomic E-state index is -3.08. The summed E-state index contributed by atoms with van der Waals surface area (Å²) in [4.78, 5) is 8.29. The van der Waals surface area contributed by atoms with Crippen molar-refractivity contribution >= 4 is 16.0 Å². The number of piperidine rings is 1. The molecule has 0 radical (unpaired) electrons. The van der Waals surface area contributed by atoms with Crippen molar-refractivity contribution in [3.63, 3.8) is 0 Å². The number of nitrogens with zero attached hydrogens (tertiary/aromatic N) is 3. The van der Waals surface area contributed by atoms with E-state index >= 15 is 0 Å². The third-order valence-corrected chi connectivity index (χ3v) is 4.40. The molecule has 1 saturated heterocycles. The topological polar surface area (TPSA) is 84.4 Å². The average molecular weight is 286 g/mol. The SMILES string of the molecule is COc1ccnc(NC2CCN(S(C)(=O)=O)CC2)n1. The van der Waals surface area contributed by atoms with Crippen molar-refractivity contribution in [1.82, 2.24) is 14.3 Å². The van der Waals surface area contributed by atoms with Crippen LogP contribution in [0, 0.1) is 0 Å². The highest BCUT2D eigenvalue weighted by molar-refractivity contribution is 7.88. The lowest BCUT2D eigenvalue weighted by molar-refractivity contribution is 0.331. The van der Waals surface area contributed by atoms with Crippen molar-refractivity contribution in [1.29, 1.82) is 0 Å². The first kappa shape index (κ1) is 14.0. The summed E-state index contributed by atoms with van der Waals surface area (Å²) in [5.41, 5.74) is 0. The highest BCUT2D eigenvalue weighted by Crippen LogP contribution is 2.17. The Kier molecular flexibility index (Phi) is 4.20. The number of rotatable bonds is 4. The zero-order valence-corrected chi connectivity index (χ0v) is 11.9. The van der Waals surface area contributed by atoms with Crippen LogP contribution < -0.4 is 10.1 Å². The number of ether oxygens (including phenoxy) is 1. The van der Waals surface area contributed by atoms with Crippen molar-refractivity contribution in [3.05, 3.63) is 12.3 Å². The molecule has 1 N–H and O–H groups in total. The maximum atomic E-state index is 11.4. The first-order chi connectivity index (χ1) is 8.99. The van der Waals surface area contributed by atoms with E-state index in [2.05, 4.69) is 15.3 Å². The minimum Gasteiger partial charge on any atom is -0.481 e. The lowest BCUT2D eigenvalue weighted by Crippen LogP contribution is -2.42. The molecule has 1 aliphatic rings. The molecule has 7 nitrogen and oxygen atoms in total. The fourth-order valence-corrected chi connectivity index (χ4v) is 2.91. The third-order valence-electron chi connectivity index (χ3n) is 3.10. The molecule has 0 atom stereocenters. The summed E-state index contributed by atoms with van der Waals surface area (Å²) in [6.07, 6.45) is 4.35. The summed E-state index contributed by atoms with van der Waals surface area (Å²) in [7, 11) is -1.53. The quantitative estimate of drug-likeness (QED) is 0.858. The molecule has 2 heterocycles. The molecule has 0 spiro atoms. The van der Waals surface area contributed by atoms with Crippen LogP contribution in [0.2, 0.25) is 0 Å². The Morgan fingerprint density at radius 2 is 2.11 bits per heavy atom. The van der Waals surface area contributed by atoms with Crippen molar-refractivity contribution in [2.75, 3.05) is 31.8 Å². The van der Waals surface area contributed by atoms with Crippen LogP contribution in [0.1, 0.15) is 12.8 Å². The van der Waals surface area contributed by atoms with Gasteiger partial charge in [0.25, 0.3) is 0 Å². The number of hydrogen-bond donors (Lipinski definition) is 1. The molecule has 1 aliphatic heterocycles. The number of hydrogen-bond acceptors (Lipinski definition) is 6. The van der Waals surface area contributed by atoms with Crippen LogP contribution in [0.5, 0.6) is 5.88 Å². The van der Waals surface area contributed by atoms with Crippen molar-refractivity contribution in [2.24, 2.45) is 0 Å². The number of anilines is 1. The fourth-order valence-electron chi connectivity index (χ4n) is 2.04. The monoisotopic (exact) mass is 286 g/mol. The molecular weight excluding hydrogens is 268 g/mol. The second kappa shape index (κ2) is 5.70. The van der Waals surface area contributed by atoms with Crippen LogP contribution >= 0.6 is 0 Å². The van der Waals surface area contributed by atoms with Gasteiger partial charge >= 0.3 is 0 Å². The van der Waals surface area contributed by atoms with Crippen LogP contribution in [0.3, 0.4) is 0 Å². The Bertz CT molecular complexity index is 526. The normalized spacial score (nSPS) is 18.2. The van der Waals surface area contributed by atoms with E-state index in [4.69, 9.17) is 4.74 Å². The van der Waals surface area contributed by atoms with E-state index in [-0.39, 0.29) is 6.04 Å². The largest absolute Gasteiger partial charge is 0.481 e. The van der Waals surface area contributed by atoms with E-state index in [0.717, 1.165) is 12.8 Å². The lowest BCUT2D eigenvalue weighted by Gasteiger charge is -2.30. The number of nitrogens with one attached hydrogen (secondary N) is 1. The summed E-state index contributed by atoms with van der Waals surface area (Å²) in [6, 6.07) is 1.86. The van der Waals surface area contributed by atoms with Gasteiger partial charge in [0.05, 0.1) is 13.4 Å². The summed E-state index contributed by atoms with van der Waals surface area (Å²) in [5.74, 6) is 1.02. The van der Waals surface area contributed by atoms with Crippen molar-refractivity contribution < 1.29 is 13.2 Å². The van der Waals surface area contributed by atoms with Gasteiger partial charge in [0.2, 0.25) is 21.9 Å². The lowest BCUT2D eigenvalue weighted by atomic mass is 10.1. The van der Waals surface area contributed by atoms with Gasteiger partial charge in [-0.1, -0.05) is 0 Å². The highest BCUT2D eigenvalue weighted by atomic mass is 32.2. The molecule has 106 valence electrons. The maximum absolute atomic E-state index is 11.4. The minimum absolute atomic E-state index is 0.185. The van der Waals surface area contributed by atoms with E-state index in [1.807, 2.05) is 0 Å². The van der Waals surface area contributed by atoms with E-state index in [0.29, 0.717) is 24.9 Å². The summed E-state index contributed by atoms with van der Waals surface area (Å²) < 4.78 is 29.3. The van der Waals surface area contributed by atoms with Crippen LogP contribution in [-0.4, -0.2) is 55.2 Å². The van der Waals surface area contributed by atoms with Gasteiger partial charge in [-0.15, -0.1) is 0 Å². The summed E-state index contributed by atoms with van der Waals surface area (Å²) in [5, 5.41) is 3.20. The van der Waals surface area contributed by atoms with Crippen LogP contribution in [0.4, 0.5) is 5.95 Å². The van der Waals surface area contributed by atoms with Gasteiger partial charge in [0.15, 0.2) is 0 Å². The number of methoxy groups -OCH3 is 1. The van der Waals surface area contributed by atoms with Crippen LogP contribution in [-0.2, 0) is 10.0 Å². The highest BCUT2D eigenvalue weighted by Gasteiger charge is 2.25. The van der Waals surface area contributed by atoms with E-state index in [9.17, 15) is 8.42 Å². The first-order valence-electron chi connectivity index (χ1n) is 6.08. The number of aromatic nitrogens is 2. The van der Waals surface area contributed by atoms with Crippen LogP contribution in [0.25, 0.3) is 0 Å². The average Bonchev–Trinajstić information content (AvgIpc) is 2.38. The molecule has 0 saturated carbocycles. The Hall–Kier alpha value is -1.41. The molecule has 2 rings (SSSR count). The Morgan fingerprint density at radius 1 is 1.42 bits per heavy atom. The molecule has 8 heteroatoms. The Balaban J connectivity index is 1.92. The zero-order chi connectivity index (χ0) is 13.9. The molecule has 1 aromatic rings. The molecular formula is C11H18N4O3S. The molecule has 0 amide bonds. The summed E-state index contributed by atoms with van der Waals surface area (Å²) >= 11 is 0. The molecule has 0 unspecified atom stereocenters. The van der Waals surface area contributed by atoms with E-state index < -0.39 is 10.0 Å². The van der Waals surface area contributed by atoms with Crippen molar-refractivity contribution in [3.8, 4) is 5.88 Å². The fraction of sp³-hybridized carbons (Fsp3) is 0.636. The smallest absolute Gasteiger partial charge is 0.226 e. The van der Waals surface area contributed by atoms with E-state index in [1.54, 1.807) is 19.4 Å². The molecule has 1 aromatic heterocycles. The second-order valence-electron chi connectivity index (χ2n) is 4.50. The van der Waals surface area contributed by atoms with Gasteiger partial charge in [-0.05, 0) is 12.8 Å². The maximum Gasteiger partial charge on any atom is 0.226 e. The van der Waals surface area contributed by atoms with E-state index in [1.165, 1.54) is 10.6 Å². The molecule has 0 aliphatic carbocycles. The van der Waals surface area contributed by atoms with Gasteiger partial charge in [-0.25, -0.2) is 17.7 Å². The zero-order valence-electron chi connectivity index (χ0n) is 11.0. The third kappa shape index (κ3) is 3.77. The van der Waals surface area contributed by atoms with Gasteiger partial charge in [0, 0.05) is 31.4 Å². The molecule has 0 bridgehead atoms. The first-order valence-corrected chi connectivity index (χ1v) is 7.92. The standard InChI is InChI=1S/C11H18N4O3S/c1-18-10-3-6-12-11(14-10)13-9-4-7-15(8-5-9)19(2,16)17/h3,6,9H,4-5,7-8H2,1-2H3,(H,12,13,14). The second-order valence-corrected chi connectivity index (χ2v) is 6.49.